The van der Waals surface area contributed by atoms with Crippen molar-refractivity contribution in [1.29, 1.82) is 0 Å². The van der Waals surface area contributed by atoms with Crippen LogP contribution in [0.15, 0.2) is 24.4 Å². The Morgan fingerprint density at radius 2 is 2.12 bits per heavy atom. The Balaban J connectivity index is 2.37. The van der Waals surface area contributed by atoms with Crippen LogP contribution in [0.5, 0.6) is 0 Å². The minimum absolute atomic E-state index is 0.485. The highest BCUT2D eigenvalue weighted by Crippen LogP contribution is 2.29. The number of hydrogen-bond donors (Lipinski definition) is 2. The van der Waals surface area contributed by atoms with E-state index in [-0.39, 0.29) is 0 Å². The van der Waals surface area contributed by atoms with Crippen LogP contribution in [-0.2, 0) is 0 Å². The van der Waals surface area contributed by atoms with E-state index in [4.69, 9.17) is 5.73 Å². The van der Waals surface area contributed by atoms with Gasteiger partial charge >= 0.3 is 0 Å². The van der Waals surface area contributed by atoms with Crippen molar-refractivity contribution in [1.82, 2.24) is 4.98 Å². The summed E-state index contributed by atoms with van der Waals surface area (Å²) >= 11 is 1.32. The SMILES string of the molecule is Cc1ccc(C(O)c2cnc(N)s2)c(C)c1. The van der Waals surface area contributed by atoms with Gasteiger partial charge in [0.15, 0.2) is 5.13 Å². The number of rotatable bonds is 2. The number of aryl methyl sites for hydroxylation is 2. The number of nitrogens with two attached hydrogens (primary N) is 1. The van der Waals surface area contributed by atoms with Crippen molar-refractivity contribution < 1.29 is 5.11 Å². The molecule has 3 N–H and O–H groups in total. The van der Waals surface area contributed by atoms with Crippen molar-refractivity contribution >= 4 is 16.5 Å². The standard InChI is InChI=1S/C12H14N2OS/c1-7-3-4-9(8(2)5-7)11(15)10-6-14-12(13)16-10/h3-6,11,15H,1-2H3,(H2,13,14). The van der Waals surface area contributed by atoms with Crippen LogP contribution in [0.3, 0.4) is 0 Å². The van der Waals surface area contributed by atoms with Crippen molar-refractivity contribution in [2.45, 2.75) is 20.0 Å². The fourth-order valence-corrected chi connectivity index (χ4v) is 2.40. The molecule has 16 heavy (non-hydrogen) atoms. The van der Waals surface area contributed by atoms with Gasteiger partial charge in [-0.15, -0.1) is 0 Å². The van der Waals surface area contributed by atoms with E-state index in [9.17, 15) is 5.11 Å². The van der Waals surface area contributed by atoms with Crippen LogP contribution >= 0.6 is 11.3 Å². The third-order valence-electron chi connectivity index (χ3n) is 2.53. The van der Waals surface area contributed by atoms with Gasteiger partial charge in [-0.3, -0.25) is 0 Å². The smallest absolute Gasteiger partial charge is 0.180 e. The predicted octanol–water partition coefficient (Wildman–Crippen LogP) is 2.42. The van der Waals surface area contributed by atoms with E-state index >= 15 is 0 Å². The van der Waals surface area contributed by atoms with E-state index in [2.05, 4.69) is 11.1 Å². The second kappa shape index (κ2) is 4.23. The first kappa shape index (κ1) is 11.1. The number of thiazole rings is 1. The zero-order valence-corrected chi connectivity index (χ0v) is 10.1. The van der Waals surface area contributed by atoms with Crippen molar-refractivity contribution in [2.24, 2.45) is 0 Å². The number of aliphatic hydroxyl groups excluding tert-OH is 1. The van der Waals surface area contributed by atoms with Crippen LogP contribution < -0.4 is 5.73 Å². The topological polar surface area (TPSA) is 59.1 Å². The molecular weight excluding hydrogens is 220 g/mol. The first-order chi connectivity index (χ1) is 7.58. The Morgan fingerprint density at radius 1 is 1.38 bits per heavy atom. The van der Waals surface area contributed by atoms with Crippen LogP contribution in [0.2, 0.25) is 0 Å². The second-order valence-electron chi connectivity index (χ2n) is 3.86. The molecule has 1 aromatic heterocycles. The fourth-order valence-electron chi connectivity index (χ4n) is 1.71. The molecule has 0 aliphatic carbocycles. The lowest BCUT2D eigenvalue weighted by molar-refractivity contribution is 0.223. The molecule has 0 bridgehead atoms. The van der Waals surface area contributed by atoms with Gasteiger partial charge in [0, 0.05) is 6.20 Å². The number of hydrogen-bond acceptors (Lipinski definition) is 4. The van der Waals surface area contributed by atoms with Crippen LogP contribution in [0.25, 0.3) is 0 Å². The zero-order chi connectivity index (χ0) is 11.7. The van der Waals surface area contributed by atoms with E-state index in [1.54, 1.807) is 6.20 Å². The highest BCUT2D eigenvalue weighted by Gasteiger charge is 2.15. The lowest BCUT2D eigenvalue weighted by atomic mass is 10.0. The summed E-state index contributed by atoms with van der Waals surface area (Å²) in [5.41, 5.74) is 8.74. The van der Waals surface area contributed by atoms with Crippen molar-refractivity contribution in [3.05, 3.63) is 46.0 Å². The summed E-state index contributed by atoms with van der Waals surface area (Å²) in [4.78, 5) is 4.73. The van der Waals surface area contributed by atoms with Gasteiger partial charge in [0.1, 0.15) is 6.10 Å². The van der Waals surface area contributed by atoms with Gasteiger partial charge in [-0.1, -0.05) is 35.1 Å². The number of nitrogen functional groups attached to an aromatic ring is 1. The molecule has 1 unspecified atom stereocenters. The molecule has 3 nitrogen and oxygen atoms in total. The van der Waals surface area contributed by atoms with Gasteiger partial charge in [-0.05, 0) is 25.0 Å². The van der Waals surface area contributed by atoms with Crippen molar-refractivity contribution in [2.75, 3.05) is 5.73 Å². The van der Waals surface area contributed by atoms with Gasteiger partial charge in [0.05, 0.1) is 4.88 Å². The molecule has 0 fully saturated rings. The van der Waals surface area contributed by atoms with Crippen LogP contribution in [-0.4, -0.2) is 10.1 Å². The third-order valence-corrected chi connectivity index (χ3v) is 3.41. The van der Waals surface area contributed by atoms with Gasteiger partial charge in [-0.25, -0.2) is 4.98 Å². The summed E-state index contributed by atoms with van der Waals surface area (Å²) in [5.74, 6) is 0. The summed E-state index contributed by atoms with van der Waals surface area (Å²) in [6, 6.07) is 6.00. The molecule has 1 heterocycles. The number of aromatic nitrogens is 1. The average Bonchev–Trinajstić information content (AvgIpc) is 2.64. The first-order valence-corrected chi connectivity index (χ1v) is 5.86. The molecule has 4 heteroatoms. The Morgan fingerprint density at radius 3 is 2.69 bits per heavy atom. The normalized spacial score (nSPS) is 12.7. The Bertz CT molecular complexity index is 507. The maximum Gasteiger partial charge on any atom is 0.180 e. The monoisotopic (exact) mass is 234 g/mol. The molecule has 0 saturated carbocycles. The number of nitrogens with zero attached hydrogens (tertiary/aromatic N) is 1. The van der Waals surface area contributed by atoms with Crippen molar-refractivity contribution in [3.8, 4) is 0 Å². The van der Waals surface area contributed by atoms with Crippen LogP contribution in [0.4, 0.5) is 5.13 Å². The average molecular weight is 234 g/mol. The number of benzene rings is 1. The molecule has 0 spiro atoms. The zero-order valence-electron chi connectivity index (χ0n) is 9.27. The summed E-state index contributed by atoms with van der Waals surface area (Å²) in [6.45, 7) is 4.03. The molecule has 2 rings (SSSR count). The van der Waals surface area contributed by atoms with Gasteiger partial charge in [0.2, 0.25) is 0 Å². The summed E-state index contributed by atoms with van der Waals surface area (Å²) in [6.07, 6.45) is 1.000. The molecule has 0 amide bonds. The van der Waals surface area contributed by atoms with Gasteiger partial charge in [-0.2, -0.15) is 0 Å². The summed E-state index contributed by atoms with van der Waals surface area (Å²) in [7, 11) is 0. The van der Waals surface area contributed by atoms with Crippen molar-refractivity contribution in [3.63, 3.8) is 0 Å². The largest absolute Gasteiger partial charge is 0.383 e. The Labute approximate surface area is 98.6 Å². The summed E-state index contributed by atoms with van der Waals surface area (Å²) in [5, 5.41) is 10.7. The maximum absolute atomic E-state index is 10.2. The molecular formula is C12H14N2OS. The molecule has 0 saturated heterocycles. The minimum Gasteiger partial charge on any atom is -0.383 e. The van der Waals surface area contributed by atoms with E-state index in [0.717, 1.165) is 16.0 Å². The van der Waals surface area contributed by atoms with E-state index in [1.165, 1.54) is 16.9 Å². The van der Waals surface area contributed by atoms with Gasteiger partial charge in [0.25, 0.3) is 0 Å². The third kappa shape index (κ3) is 2.08. The lowest BCUT2D eigenvalue weighted by Crippen LogP contribution is -2.00. The Kier molecular flexibility index (Phi) is 2.94. The molecule has 2 aromatic rings. The number of anilines is 1. The molecule has 1 aromatic carbocycles. The molecule has 0 aliphatic rings. The quantitative estimate of drug-likeness (QED) is 0.839. The highest BCUT2D eigenvalue weighted by molar-refractivity contribution is 7.15. The molecule has 0 radical (unpaired) electrons. The van der Waals surface area contributed by atoms with E-state index < -0.39 is 6.10 Å². The molecule has 0 aliphatic heterocycles. The van der Waals surface area contributed by atoms with Crippen LogP contribution in [0, 0.1) is 13.8 Å². The molecule has 1 atom stereocenters. The second-order valence-corrected chi connectivity index (χ2v) is 4.96. The van der Waals surface area contributed by atoms with E-state index in [1.807, 2.05) is 26.0 Å². The minimum atomic E-state index is -0.629. The van der Waals surface area contributed by atoms with Crippen LogP contribution in [0.1, 0.15) is 27.7 Å². The van der Waals surface area contributed by atoms with Gasteiger partial charge < -0.3 is 10.8 Å². The van der Waals surface area contributed by atoms with E-state index in [0.29, 0.717) is 5.13 Å². The Hall–Kier alpha value is -1.39. The lowest BCUT2D eigenvalue weighted by Gasteiger charge is -2.12. The number of aliphatic hydroxyl groups is 1. The fraction of sp³-hybridized carbons (Fsp3) is 0.250. The maximum atomic E-state index is 10.2. The predicted molar refractivity (Wildman–Crippen MR) is 66.5 cm³/mol. The highest BCUT2D eigenvalue weighted by atomic mass is 32.1. The summed E-state index contributed by atoms with van der Waals surface area (Å²) < 4.78 is 0. The first-order valence-electron chi connectivity index (χ1n) is 5.04. The molecule has 84 valence electrons.